The zero-order valence-corrected chi connectivity index (χ0v) is 15.2. The highest BCUT2D eigenvalue weighted by Crippen LogP contribution is 2.27. The van der Waals surface area contributed by atoms with Gasteiger partial charge in [0.25, 0.3) is 0 Å². The molecule has 2 aromatic carbocycles. The van der Waals surface area contributed by atoms with Crippen molar-refractivity contribution in [2.45, 2.75) is 24.4 Å². The van der Waals surface area contributed by atoms with E-state index in [0.717, 1.165) is 27.5 Å². The fourth-order valence-corrected chi connectivity index (χ4v) is 3.83. The first-order chi connectivity index (χ1) is 12.7. The zero-order valence-electron chi connectivity index (χ0n) is 14.4. The fraction of sp³-hybridized carbons (Fsp3) is 0.143. The summed E-state index contributed by atoms with van der Waals surface area (Å²) >= 11 is 1.69. The SMILES string of the molecule is Cc1ccc(CSc2nc3ccncc3n2Cc2cccc(F)c2)cc1. The molecular weight excluding hydrogens is 345 g/mol. The summed E-state index contributed by atoms with van der Waals surface area (Å²) < 4.78 is 15.7. The molecule has 0 bridgehead atoms. The van der Waals surface area contributed by atoms with Gasteiger partial charge in [0.1, 0.15) is 5.82 Å². The summed E-state index contributed by atoms with van der Waals surface area (Å²) in [4.78, 5) is 8.99. The molecule has 0 aliphatic heterocycles. The Morgan fingerprint density at radius 3 is 2.69 bits per heavy atom. The normalized spacial score (nSPS) is 11.2. The number of thioether (sulfide) groups is 1. The van der Waals surface area contributed by atoms with Crippen LogP contribution in [0.1, 0.15) is 16.7 Å². The number of benzene rings is 2. The van der Waals surface area contributed by atoms with Crippen molar-refractivity contribution in [2.75, 3.05) is 0 Å². The lowest BCUT2D eigenvalue weighted by molar-refractivity contribution is 0.622. The highest BCUT2D eigenvalue weighted by molar-refractivity contribution is 7.98. The van der Waals surface area contributed by atoms with E-state index >= 15 is 0 Å². The van der Waals surface area contributed by atoms with Crippen molar-refractivity contribution in [1.29, 1.82) is 0 Å². The first-order valence-corrected chi connectivity index (χ1v) is 9.40. The van der Waals surface area contributed by atoms with Crippen LogP contribution in [-0.4, -0.2) is 14.5 Å². The number of hydrogen-bond donors (Lipinski definition) is 0. The molecule has 2 aromatic heterocycles. The van der Waals surface area contributed by atoms with Crippen molar-refractivity contribution in [3.8, 4) is 0 Å². The molecule has 0 amide bonds. The maximum absolute atomic E-state index is 13.6. The van der Waals surface area contributed by atoms with E-state index in [2.05, 4.69) is 40.7 Å². The number of imidazole rings is 1. The molecule has 2 heterocycles. The highest BCUT2D eigenvalue weighted by Gasteiger charge is 2.12. The summed E-state index contributed by atoms with van der Waals surface area (Å²) in [5.74, 6) is 0.610. The Kier molecular flexibility index (Phi) is 4.71. The molecule has 0 unspecified atom stereocenters. The van der Waals surface area contributed by atoms with Gasteiger partial charge >= 0.3 is 0 Å². The van der Waals surface area contributed by atoms with E-state index in [4.69, 9.17) is 4.98 Å². The van der Waals surface area contributed by atoms with Gasteiger partial charge < -0.3 is 4.57 Å². The summed E-state index contributed by atoms with van der Waals surface area (Å²) in [5, 5.41) is 0.915. The minimum atomic E-state index is -0.223. The number of aryl methyl sites for hydroxylation is 1. The number of hydrogen-bond acceptors (Lipinski definition) is 3. The van der Waals surface area contributed by atoms with Gasteiger partial charge in [0, 0.05) is 11.9 Å². The van der Waals surface area contributed by atoms with Crippen LogP contribution in [0.5, 0.6) is 0 Å². The predicted octanol–water partition coefficient (Wildman–Crippen LogP) is 5.22. The van der Waals surface area contributed by atoms with E-state index in [1.165, 1.54) is 17.2 Å². The van der Waals surface area contributed by atoms with Gasteiger partial charge in [0.2, 0.25) is 0 Å². The minimum absolute atomic E-state index is 0.223. The lowest BCUT2D eigenvalue weighted by atomic mass is 10.2. The summed E-state index contributed by atoms with van der Waals surface area (Å²) in [6.07, 6.45) is 3.56. The van der Waals surface area contributed by atoms with Crippen LogP contribution < -0.4 is 0 Å². The molecule has 4 aromatic rings. The van der Waals surface area contributed by atoms with E-state index in [0.29, 0.717) is 6.54 Å². The van der Waals surface area contributed by atoms with Crippen molar-refractivity contribution in [1.82, 2.24) is 14.5 Å². The second-order valence-corrected chi connectivity index (χ2v) is 7.19. The van der Waals surface area contributed by atoms with Gasteiger partial charge in [-0.05, 0) is 36.2 Å². The molecule has 26 heavy (non-hydrogen) atoms. The standard InChI is InChI=1S/C21H18FN3S/c1-15-5-7-16(8-6-15)14-26-21-24-19-9-10-23-12-20(19)25(21)13-17-3-2-4-18(22)11-17/h2-12H,13-14H2,1H3. The first-order valence-electron chi connectivity index (χ1n) is 8.42. The minimum Gasteiger partial charge on any atom is -0.313 e. The van der Waals surface area contributed by atoms with Crippen LogP contribution in [0, 0.1) is 12.7 Å². The second kappa shape index (κ2) is 7.30. The highest BCUT2D eigenvalue weighted by atomic mass is 32.2. The Morgan fingerprint density at radius 1 is 1.04 bits per heavy atom. The quantitative estimate of drug-likeness (QED) is 0.456. The molecule has 0 fully saturated rings. The number of aromatic nitrogens is 3. The van der Waals surface area contributed by atoms with Crippen LogP contribution in [0.4, 0.5) is 4.39 Å². The number of nitrogens with zero attached hydrogens (tertiary/aromatic N) is 3. The maximum atomic E-state index is 13.6. The van der Waals surface area contributed by atoms with Crippen LogP contribution in [0.25, 0.3) is 11.0 Å². The number of halogens is 1. The Labute approximate surface area is 155 Å². The number of fused-ring (bicyclic) bond motifs is 1. The van der Waals surface area contributed by atoms with Crippen LogP contribution in [-0.2, 0) is 12.3 Å². The average molecular weight is 363 g/mol. The zero-order chi connectivity index (χ0) is 17.9. The Bertz CT molecular complexity index is 1040. The van der Waals surface area contributed by atoms with Gasteiger partial charge in [-0.3, -0.25) is 4.98 Å². The Hall–Kier alpha value is -2.66. The van der Waals surface area contributed by atoms with Crippen molar-refractivity contribution in [2.24, 2.45) is 0 Å². The van der Waals surface area contributed by atoms with E-state index in [9.17, 15) is 4.39 Å². The molecule has 5 heteroatoms. The van der Waals surface area contributed by atoms with Gasteiger partial charge in [-0.1, -0.05) is 53.7 Å². The first kappa shape index (κ1) is 16.8. The second-order valence-electron chi connectivity index (χ2n) is 6.25. The van der Waals surface area contributed by atoms with E-state index in [1.54, 1.807) is 30.1 Å². The number of rotatable bonds is 5. The third-order valence-electron chi connectivity index (χ3n) is 4.23. The lowest BCUT2D eigenvalue weighted by Gasteiger charge is -2.09. The smallest absolute Gasteiger partial charge is 0.169 e. The molecule has 3 nitrogen and oxygen atoms in total. The third-order valence-corrected chi connectivity index (χ3v) is 5.28. The Morgan fingerprint density at radius 2 is 1.88 bits per heavy atom. The van der Waals surface area contributed by atoms with E-state index in [-0.39, 0.29) is 5.82 Å². The molecule has 0 aliphatic rings. The number of pyridine rings is 1. The van der Waals surface area contributed by atoms with Gasteiger partial charge in [-0.15, -0.1) is 0 Å². The lowest BCUT2D eigenvalue weighted by Crippen LogP contribution is -2.02. The molecule has 0 spiro atoms. The van der Waals surface area contributed by atoms with Gasteiger partial charge in [0.05, 0.1) is 23.8 Å². The van der Waals surface area contributed by atoms with Crippen LogP contribution >= 0.6 is 11.8 Å². The van der Waals surface area contributed by atoms with Crippen LogP contribution in [0.15, 0.2) is 72.1 Å². The molecule has 0 aliphatic carbocycles. The van der Waals surface area contributed by atoms with Crippen molar-refractivity contribution in [3.05, 3.63) is 89.5 Å². The molecule has 130 valence electrons. The molecule has 0 radical (unpaired) electrons. The van der Waals surface area contributed by atoms with Gasteiger partial charge in [0.15, 0.2) is 5.16 Å². The van der Waals surface area contributed by atoms with E-state index < -0.39 is 0 Å². The van der Waals surface area contributed by atoms with E-state index in [1.807, 2.05) is 18.3 Å². The van der Waals surface area contributed by atoms with Crippen LogP contribution in [0.3, 0.4) is 0 Å². The average Bonchev–Trinajstić information content (AvgIpc) is 2.99. The molecule has 0 saturated heterocycles. The summed E-state index contributed by atoms with van der Waals surface area (Å²) in [5.41, 5.74) is 5.28. The van der Waals surface area contributed by atoms with Crippen molar-refractivity contribution >= 4 is 22.8 Å². The molecule has 0 saturated carbocycles. The Balaban J connectivity index is 1.65. The summed E-state index contributed by atoms with van der Waals surface area (Å²) in [6, 6.07) is 17.1. The predicted molar refractivity (Wildman–Crippen MR) is 104 cm³/mol. The molecule has 0 N–H and O–H groups in total. The van der Waals surface area contributed by atoms with Gasteiger partial charge in [-0.2, -0.15) is 0 Å². The summed E-state index contributed by atoms with van der Waals surface area (Å²) in [6.45, 7) is 2.65. The topological polar surface area (TPSA) is 30.7 Å². The van der Waals surface area contributed by atoms with Crippen LogP contribution in [0.2, 0.25) is 0 Å². The molecular formula is C21H18FN3S. The third kappa shape index (κ3) is 3.63. The van der Waals surface area contributed by atoms with Crippen molar-refractivity contribution < 1.29 is 4.39 Å². The largest absolute Gasteiger partial charge is 0.313 e. The monoisotopic (exact) mass is 363 g/mol. The molecule has 0 atom stereocenters. The van der Waals surface area contributed by atoms with Gasteiger partial charge in [-0.25, -0.2) is 9.37 Å². The maximum Gasteiger partial charge on any atom is 0.169 e. The molecule has 4 rings (SSSR count). The fourth-order valence-electron chi connectivity index (χ4n) is 2.86. The van der Waals surface area contributed by atoms with Crippen molar-refractivity contribution in [3.63, 3.8) is 0 Å². The summed E-state index contributed by atoms with van der Waals surface area (Å²) in [7, 11) is 0.